The number of hydrogen-bond donors (Lipinski definition) is 0. The summed E-state index contributed by atoms with van der Waals surface area (Å²) in [5.74, 6) is 0. The summed E-state index contributed by atoms with van der Waals surface area (Å²) in [6.45, 7) is 0. The zero-order valence-corrected chi connectivity index (χ0v) is 14.8. The van der Waals surface area contributed by atoms with E-state index in [4.69, 9.17) is 0 Å². The van der Waals surface area contributed by atoms with Crippen LogP contribution in [-0.2, 0) is 10.0 Å². The highest BCUT2D eigenvalue weighted by atomic mass is 32.2. The van der Waals surface area contributed by atoms with E-state index >= 15 is 0 Å². The average Bonchev–Trinajstić information content (AvgIpc) is 2.63. The van der Waals surface area contributed by atoms with Crippen molar-refractivity contribution in [3.05, 3.63) is 83.3 Å². The van der Waals surface area contributed by atoms with Crippen LogP contribution in [0.3, 0.4) is 0 Å². The van der Waals surface area contributed by atoms with Gasteiger partial charge in [0.1, 0.15) is 0 Å². The van der Waals surface area contributed by atoms with Crippen LogP contribution in [0.1, 0.15) is 0 Å². The molecule has 1 heterocycles. The smallest absolute Gasteiger partial charge is 0.255 e. The molecule has 0 bridgehead atoms. The standard InChI is InChI=1S/C19H18N2O3S/c1-20(2)25(23,24)18-10-6-7-15(13-18)16-11-12-19(22)21(14-16)17-8-4-3-5-9-17/h3-14H,1-2H3. The van der Waals surface area contributed by atoms with Gasteiger partial charge in [-0.05, 0) is 41.5 Å². The van der Waals surface area contributed by atoms with Gasteiger partial charge < -0.3 is 0 Å². The second-order valence-electron chi connectivity index (χ2n) is 5.78. The molecule has 0 spiro atoms. The number of sulfonamides is 1. The largest absolute Gasteiger partial charge is 0.284 e. The summed E-state index contributed by atoms with van der Waals surface area (Å²) in [5.41, 5.74) is 2.10. The fourth-order valence-corrected chi connectivity index (χ4v) is 3.44. The van der Waals surface area contributed by atoms with Gasteiger partial charge >= 0.3 is 0 Å². The van der Waals surface area contributed by atoms with Crippen LogP contribution in [-0.4, -0.2) is 31.4 Å². The molecule has 3 aromatic rings. The summed E-state index contributed by atoms with van der Waals surface area (Å²) in [6.07, 6.45) is 1.72. The van der Waals surface area contributed by atoms with Crippen molar-refractivity contribution in [3.63, 3.8) is 0 Å². The first-order valence-electron chi connectivity index (χ1n) is 7.71. The van der Waals surface area contributed by atoms with Gasteiger partial charge in [0.25, 0.3) is 5.56 Å². The molecule has 0 aliphatic heterocycles. The third kappa shape index (κ3) is 3.40. The molecule has 0 fully saturated rings. The maximum absolute atomic E-state index is 12.3. The minimum Gasteiger partial charge on any atom is -0.284 e. The van der Waals surface area contributed by atoms with Crippen LogP contribution in [0, 0.1) is 0 Å². The van der Waals surface area contributed by atoms with Gasteiger partial charge in [0.05, 0.1) is 4.90 Å². The Morgan fingerprint density at radius 1 is 0.840 bits per heavy atom. The highest BCUT2D eigenvalue weighted by molar-refractivity contribution is 7.89. The van der Waals surface area contributed by atoms with E-state index in [1.165, 1.54) is 24.5 Å². The second-order valence-corrected chi connectivity index (χ2v) is 7.93. The molecule has 0 amide bonds. The van der Waals surface area contributed by atoms with Crippen molar-refractivity contribution in [1.29, 1.82) is 0 Å². The van der Waals surface area contributed by atoms with E-state index in [2.05, 4.69) is 0 Å². The van der Waals surface area contributed by atoms with Gasteiger partial charge in [-0.25, -0.2) is 12.7 Å². The minimum atomic E-state index is -3.51. The van der Waals surface area contributed by atoms with Gasteiger partial charge in [-0.1, -0.05) is 30.3 Å². The molecule has 5 nitrogen and oxygen atoms in total. The third-order valence-electron chi connectivity index (χ3n) is 3.89. The number of pyridine rings is 1. The Labute approximate surface area is 146 Å². The lowest BCUT2D eigenvalue weighted by atomic mass is 10.1. The number of hydrogen-bond acceptors (Lipinski definition) is 3. The molecule has 0 aliphatic rings. The molecule has 25 heavy (non-hydrogen) atoms. The Morgan fingerprint density at radius 3 is 2.24 bits per heavy atom. The third-order valence-corrected chi connectivity index (χ3v) is 5.70. The van der Waals surface area contributed by atoms with Gasteiger partial charge in [-0.3, -0.25) is 9.36 Å². The van der Waals surface area contributed by atoms with Crippen LogP contribution >= 0.6 is 0 Å². The normalized spacial score (nSPS) is 11.6. The van der Waals surface area contributed by atoms with Crippen molar-refractivity contribution in [3.8, 4) is 16.8 Å². The van der Waals surface area contributed by atoms with Gasteiger partial charge in [-0.2, -0.15) is 0 Å². The van der Waals surface area contributed by atoms with Gasteiger partial charge in [0, 0.05) is 32.0 Å². The quantitative estimate of drug-likeness (QED) is 0.724. The molecule has 6 heteroatoms. The zero-order chi connectivity index (χ0) is 18.0. The summed E-state index contributed by atoms with van der Waals surface area (Å²) >= 11 is 0. The number of nitrogens with zero attached hydrogens (tertiary/aromatic N) is 2. The Balaban J connectivity index is 2.11. The van der Waals surface area contributed by atoms with Crippen LogP contribution in [0.2, 0.25) is 0 Å². The first-order chi connectivity index (χ1) is 11.9. The Morgan fingerprint density at radius 2 is 1.56 bits per heavy atom. The summed E-state index contributed by atoms with van der Waals surface area (Å²) < 4.78 is 27.4. The first kappa shape index (κ1) is 17.1. The summed E-state index contributed by atoms with van der Waals surface area (Å²) in [6, 6.07) is 19.2. The molecular weight excluding hydrogens is 336 g/mol. The number of rotatable bonds is 4. The highest BCUT2D eigenvalue weighted by Gasteiger charge is 2.17. The molecule has 0 atom stereocenters. The highest BCUT2D eigenvalue weighted by Crippen LogP contribution is 2.23. The number of benzene rings is 2. The molecule has 0 saturated heterocycles. The molecule has 2 aromatic carbocycles. The number of para-hydroxylation sites is 1. The van der Waals surface area contributed by atoms with Crippen LogP contribution in [0.25, 0.3) is 16.8 Å². The molecule has 0 unspecified atom stereocenters. The second kappa shape index (κ2) is 6.66. The molecule has 128 valence electrons. The molecule has 0 N–H and O–H groups in total. The van der Waals surface area contributed by atoms with Crippen LogP contribution in [0.4, 0.5) is 0 Å². The fourth-order valence-electron chi connectivity index (χ4n) is 2.50. The Bertz CT molecular complexity index is 1060. The SMILES string of the molecule is CN(C)S(=O)(=O)c1cccc(-c2ccc(=O)n(-c3ccccc3)c2)c1. The lowest BCUT2D eigenvalue weighted by Crippen LogP contribution is -2.22. The fraction of sp³-hybridized carbons (Fsp3) is 0.105. The van der Waals surface area contributed by atoms with Crippen LogP contribution in [0.5, 0.6) is 0 Å². The summed E-state index contributed by atoms with van der Waals surface area (Å²) in [7, 11) is -0.518. The van der Waals surface area contributed by atoms with Crippen LogP contribution in [0.15, 0.2) is 82.6 Å². The summed E-state index contributed by atoms with van der Waals surface area (Å²) in [4.78, 5) is 12.4. The molecule has 0 saturated carbocycles. The van der Waals surface area contributed by atoms with Crippen molar-refractivity contribution in [2.45, 2.75) is 4.90 Å². The maximum Gasteiger partial charge on any atom is 0.255 e. The van der Waals surface area contributed by atoms with Crippen LogP contribution < -0.4 is 5.56 Å². The first-order valence-corrected chi connectivity index (χ1v) is 9.15. The van der Waals surface area contributed by atoms with E-state index in [0.29, 0.717) is 0 Å². The van der Waals surface area contributed by atoms with Gasteiger partial charge in [0.2, 0.25) is 10.0 Å². The molecule has 3 rings (SSSR count). The molecule has 0 radical (unpaired) electrons. The Hall–Kier alpha value is -2.70. The van der Waals surface area contributed by atoms with Gasteiger partial charge in [0.15, 0.2) is 0 Å². The average molecular weight is 354 g/mol. The van der Waals surface area contributed by atoms with Crippen molar-refractivity contribution in [1.82, 2.24) is 8.87 Å². The van der Waals surface area contributed by atoms with E-state index in [1.54, 1.807) is 35.0 Å². The lowest BCUT2D eigenvalue weighted by molar-refractivity contribution is 0.521. The molecular formula is C19H18N2O3S. The predicted octanol–water partition coefficient (Wildman–Crippen LogP) is 2.75. The predicted molar refractivity (Wildman–Crippen MR) is 98.3 cm³/mol. The monoisotopic (exact) mass is 354 g/mol. The van der Waals surface area contributed by atoms with E-state index in [9.17, 15) is 13.2 Å². The minimum absolute atomic E-state index is 0.146. The van der Waals surface area contributed by atoms with E-state index in [1.807, 2.05) is 36.4 Å². The zero-order valence-electron chi connectivity index (χ0n) is 14.0. The Kier molecular flexibility index (Phi) is 4.57. The van der Waals surface area contributed by atoms with E-state index in [-0.39, 0.29) is 10.5 Å². The van der Waals surface area contributed by atoms with Crippen molar-refractivity contribution < 1.29 is 8.42 Å². The van der Waals surface area contributed by atoms with Crippen molar-refractivity contribution in [2.75, 3.05) is 14.1 Å². The molecule has 0 aliphatic carbocycles. The lowest BCUT2D eigenvalue weighted by Gasteiger charge is -2.13. The topological polar surface area (TPSA) is 59.4 Å². The van der Waals surface area contributed by atoms with Gasteiger partial charge in [-0.15, -0.1) is 0 Å². The van der Waals surface area contributed by atoms with E-state index in [0.717, 1.165) is 16.8 Å². The maximum atomic E-state index is 12.3. The number of aromatic nitrogens is 1. The summed E-state index contributed by atoms with van der Waals surface area (Å²) in [5, 5.41) is 0. The van der Waals surface area contributed by atoms with Crippen molar-refractivity contribution in [2.24, 2.45) is 0 Å². The van der Waals surface area contributed by atoms with Crippen molar-refractivity contribution >= 4 is 10.0 Å². The molecule has 1 aromatic heterocycles. The van der Waals surface area contributed by atoms with E-state index < -0.39 is 10.0 Å².